The van der Waals surface area contributed by atoms with Crippen molar-refractivity contribution in [2.75, 3.05) is 11.1 Å². The van der Waals surface area contributed by atoms with Gasteiger partial charge in [0.2, 0.25) is 20.9 Å². The first-order valence-electron chi connectivity index (χ1n) is 9.28. The predicted octanol–water partition coefficient (Wildman–Crippen LogP) is 3.55. The number of para-hydroxylation sites is 1. The van der Waals surface area contributed by atoms with Crippen LogP contribution in [0.15, 0.2) is 60.0 Å². The third-order valence-electron chi connectivity index (χ3n) is 4.56. The van der Waals surface area contributed by atoms with Crippen molar-refractivity contribution >= 4 is 21.4 Å². The molecule has 0 unspecified atom stereocenters. The molecule has 0 saturated carbocycles. The van der Waals surface area contributed by atoms with Gasteiger partial charge in [0.15, 0.2) is 0 Å². The average molecular weight is 415 g/mol. The molecule has 0 spiro atoms. The largest absolute Gasteiger partial charge is 0.325 e. The number of amides is 1. The molecule has 152 valence electrons. The molecule has 1 amide bonds. The molecule has 29 heavy (non-hydrogen) atoms. The lowest BCUT2D eigenvalue weighted by Crippen LogP contribution is -2.26. The number of imidazole rings is 1. The first kappa shape index (κ1) is 20.7. The molecule has 0 radical (unpaired) electrons. The number of carbonyl (C=O) groups is 1. The van der Waals surface area contributed by atoms with Crippen LogP contribution >= 0.6 is 0 Å². The predicted molar refractivity (Wildman–Crippen MR) is 109 cm³/mol. The van der Waals surface area contributed by atoms with Crippen LogP contribution in [0.3, 0.4) is 0 Å². The number of sulfone groups is 1. The van der Waals surface area contributed by atoms with Crippen molar-refractivity contribution in [1.82, 2.24) is 9.55 Å². The number of hydrogen-bond donors (Lipinski definition) is 1. The maximum absolute atomic E-state index is 13.5. The molecule has 0 atom stereocenters. The van der Waals surface area contributed by atoms with Crippen molar-refractivity contribution in [2.45, 2.75) is 31.8 Å². The van der Waals surface area contributed by atoms with Crippen LogP contribution in [0.25, 0.3) is 5.69 Å². The summed E-state index contributed by atoms with van der Waals surface area (Å²) < 4.78 is 40.5. The number of nitrogens with zero attached hydrogens (tertiary/aromatic N) is 2. The van der Waals surface area contributed by atoms with Gasteiger partial charge in [0.25, 0.3) is 0 Å². The summed E-state index contributed by atoms with van der Waals surface area (Å²) in [6.45, 7) is 3.94. The van der Waals surface area contributed by atoms with E-state index in [1.54, 1.807) is 6.07 Å². The highest BCUT2D eigenvalue weighted by Gasteiger charge is 2.26. The van der Waals surface area contributed by atoms with Gasteiger partial charge in [-0.25, -0.2) is 17.8 Å². The fourth-order valence-corrected chi connectivity index (χ4v) is 4.39. The van der Waals surface area contributed by atoms with Gasteiger partial charge in [-0.05, 0) is 42.2 Å². The molecule has 2 aromatic carbocycles. The molecule has 8 heteroatoms. The first-order chi connectivity index (χ1) is 13.9. The lowest BCUT2D eigenvalue weighted by Gasteiger charge is -2.14. The number of nitrogens with one attached hydrogen (secondary N) is 1. The summed E-state index contributed by atoms with van der Waals surface area (Å²) in [5.41, 5.74) is 2.85. The monoisotopic (exact) mass is 415 g/mol. The second-order valence-electron chi connectivity index (χ2n) is 6.53. The van der Waals surface area contributed by atoms with Gasteiger partial charge < -0.3 is 5.32 Å². The lowest BCUT2D eigenvalue weighted by molar-refractivity contribution is -0.113. The molecular weight excluding hydrogens is 393 g/mol. The van der Waals surface area contributed by atoms with Crippen molar-refractivity contribution in [2.24, 2.45) is 0 Å². The maximum atomic E-state index is 13.5. The topological polar surface area (TPSA) is 81.1 Å². The summed E-state index contributed by atoms with van der Waals surface area (Å²) >= 11 is 0. The number of benzene rings is 2. The van der Waals surface area contributed by atoms with Gasteiger partial charge in [-0.3, -0.25) is 9.36 Å². The van der Waals surface area contributed by atoms with Crippen LogP contribution in [0.2, 0.25) is 0 Å². The van der Waals surface area contributed by atoms with Gasteiger partial charge >= 0.3 is 0 Å². The number of carbonyl (C=O) groups excluding carboxylic acids is 1. The zero-order chi connectivity index (χ0) is 21.0. The van der Waals surface area contributed by atoms with E-state index in [0.717, 1.165) is 11.1 Å². The standard InChI is InChI=1S/C21H22FN3O3S/c1-3-15-7-5-8-16(4-2)20(15)24-19(26)14-29(27,28)21-23-11-12-25(21)18-10-6-9-17(22)13-18/h5-13H,3-4,14H2,1-2H3,(H,24,26). The Hall–Kier alpha value is -3.00. The van der Waals surface area contributed by atoms with Crippen molar-refractivity contribution in [1.29, 1.82) is 0 Å². The number of aromatic nitrogens is 2. The molecule has 3 aromatic rings. The Kier molecular flexibility index (Phi) is 6.12. The van der Waals surface area contributed by atoms with E-state index in [2.05, 4.69) is 10.3 Å². The second-order valence-corrected chi connectivity index (χ2v) is 8.41. The van der Waals surface area contributed by atoms with Crippen molar-refractivity contribution in [3.63, 3.8) is 0 Å². The van der Waals surface area contributed by atoms with Crippen molar-refractivity contribution in [3.8, 4) is 5.69 Å². The number of hydrogen-bond acceptors (Lipinski definition) is 4. The summed E-state index contributed by atoms with van der Waals surface area (Å²) in [5.74, 6) is -1.91. The van der Waals surface area contributed by atoms with E-state index >= 15 is 0 Å². The molecule has 0 saturated heterocycles. The van der Waals surface area contributed by atoms with Crippen LogP contribution in [0.4, 0.5) is 10.1 Å². The summed E-state index contributed by atoms with van der Waals surface area (Å²) in [6.07, 6.45) is 4.14. The summed E-state index contributed by atoms with van der Waals surface area (Å²) in [6, 6.07) is 11.2. The van der Waals surface area contributed by atoms with Crippen LogP contribution in [0.1, 0.15) is 25.0 Å². The summed E-state index contributed by atoms with van der Waals surface area (Å²) in [4.78, 5) is 16.5. The molecule has 0 bridgehead atoms. The summed E-state index contributed by atoms with van der Waals surface area (Å²) in [7, 11) is -4.05. The Morgan fingerprint density at radius 2 is 1.76 bits per heavy atom. The number of anilines is 1. The SMILES string of the molecule is CCc1cccc(CC)c1NC(=O)CS(=O)(=O)c1nccn1-c1cccc(F)c1. The highest BCUT2D eigenvalue weighted by Crippen LogP contribution is 2.23. The van der Waals surface area contributed by atoms with Crippen LogP contribution in [-0.4, -0.2) is 29.6 Å². The van der Waals surface area contributed by atoms with Crippen LogP contribution < -0.4 is 5.32 Å². The van der Waals surface area contributed by atoms with E-state index in [1.165, 1.54) is 35.2 Å². The van der Waals surface area contributed by atoms with E-state index in [-0.39, 0.29) is 5.16 Å². The fraction of sp³-hybridized carbons (Fsp3) is 0.238. The number of halogens is 1. The number of rotatable bonds is 7. The molecule has 0 aliphatic carbocycles. The minimum absolute atomic E-state index is 0.308. The quantitative estimate of drug-likeness (QED) is 0.640. The van der Waals surface area contributed by atoms with E-state index < -0.39 is 27.3 Å². The molecule has 0 aliphatic rings. The molecule has 0 aliphatic heterocycles. The van der Waals surface area contributed by atoms with E-state index in [0.29, 0.717) is 24.2 Å². The van der Waals surface area contributed by atoms with Crippen molar-refractivity contribution in [3.05, 3.63) is 71.8 Å². The molecule has 1 heterocycles. The highest BCUT2D eigenvalue weighted by atomic mass is 32.2. The summed E-state index contributed by atoms with van der Waals surface area (Å²) in [5, 5.41) is 2.44. The normalized spacial score (nSPS) is 11.4. The maximum Gasteiger partial charge on any atom is 0.240 e. The zero-order valence-electron chi connectivity index (χ0n) is 16.2. The van der Waals surface area contributed by atoms with E-state index in [9.17, 15) is 17.6 Å². The second kappa shape index (κ2) is 8.57. The van der Waals surface area contributed by atoms with Crippen LogP contribution in [0.5, 0.6) is 0 Å². The molecule has 1 N–H and O–H groups in total. The van der Waals surface area contributed by atoms with Gasteiger partial charge in [-0.2, -0.15) is 0 Å². The van der Waals surface area contributed by atoms with E-state index in [1.807, 2.05) is 32.0 Å². The molecule has 0 fully saturated rings. The molecule has 1 aromatic heterocycles. The smallest absolute Gasteiger partial charge is 0.240 e. The lowest BCUT2D eigenvalue weighted by atomic mass is 10.0. The van der Waals surface area contributed by atoms with Crippen molar-refractivity contribution < 1.29 is 17.6 Å². The van der Waals surface area contributed by atoms with Crippen LogP contribution in [0, 0.1) is 5.82 Å². The third kappa shape index (κ3) is 4.54. The number of aryl methyl sites for hydroxylation is 2. The molecular formula is C21H22FN3O3S. The van der Waals surface area contributed by atoms with E-state index in [4.69, 9.17) is 0 Å². The minimum atomic E-state index is -4.05. The zero-order valence-corrected chi connectivity index (χ0v) is 17.0. The first-order valence-corrected chi connectivity index (χ1v) is 10.9. The Bertz CT molecular complexity index is 1120. The van der Waals surface area contributed by atoms with Crippen LogP contribution in [-0.2, 0) is 27.5 Å². The Morgan fingerprint density at radius 3 is 2.38 bits per heavy atom. The molecule has 3 rings (SSSR count). The van der Waals surface area contributed by atoms with Gasteiger partial charge in [0.05, 0.1) is 5.69 Å². The Morgan fingerprint density at radius 1 is 1.10 bits per heavy atom. The highest BCUT2D eigenvalue weighted by molar-refractivity contribution is 7.92. The van der Waals surface area contributed by atoms with Gasteiger partial charge in [0.1, 0.15) is 11.6 Å². The van der Waals surface area contributed by atoms with Gasteiger partial charge in [-0.15, -0.1) is 0 Å². The Balaban J connectivity index is 1.87. The minimum Gasteiger partial charge on any atom is -0.325 e. The van der Waals surface area contributed by atoms with Gasteiger partial charge in [-0.1, -0.05) is 38.1 Å². The van der Waals surface area contributed by atoms with Gasteiger partial charge in [0, 0.05) is 18.1 Å². The molecule has 6 nitrogen and oxygen atoms in total. The third-order valence-corrected chi connectivity index (χ3v) is 6.06. The Labute approximate surface area is 169 Å². The average Bonchev–Trinajstić information content (AvgIpc) is 3.18. The fourth-order valence-electron chi connectivity index (χ4n) is 3.16.